The van der Waals surface area contributed by atoms with Gasteiger partial charge in [0.05, 0.1) is 0 Å². The molecule has 9 heavy (non-hydrogen) atoms. The lowest BCUT2D eigenvalue weighted by Gasteiger charge is -2.15. The first-order valence-electron chi connectivity index (χ1n) is 2.55. The highest BCUT2D eigenvalue weighted by Gasteiger charge is 2.25. The molecule has 0 radical (unpaired) electrons. The van der Waals surface area contributed by atoms with Crippen LogP contribution in [-0.2, 0) is 4.79 Å². The summed E-state index contributed by atoms with van der Waals surface area (Å²) in [5, 5.41) is 0.775. The molecule has 1 amide bonds. The number of rotatable bonds is 3. The van der Waals surface area contributed by atoms with Crippen molar-refractivity contribution in [2.75, 3.05) is 5.33 Å². The second-order valence-electron chi connectivity index (χ2n) is 2.00. The molecule has 0 aromatic heterocycles. The number of hydrogen-bond acceptors (Lipinski definition) is 1. The third-order valence-corrected chi connectivity index (χ3v) is 2.26. The molecule has 0 aliphatic carbocycles. The van der Waals surface area contributed by atoms with Gasteiger partial charge in [0.1, 0.15) is 4.32 Å². The van der Waals surface area contributed by atoms with Crippen LogP contribution in [0, 0.1) is 0 Å². The average Bonchev–Trinajstić information content (AvgIpc) is 1.65. The first-order valence-corrected chi connectivity index (χ1v) is 4.47. The van der Waals surface area contributed by atoms with E-state index in [1.807, 2.05) is 0 Å². The van der Waals surface area contributed by atoms with Gasteiger partial charge < -0.3 is 5.73 Å². The van der Waals surface area contributed by atoms with Crippen molar-refractivity contribution in [2.45, 2.75) is 17.7 Å². The molecule has 1 unspecified atom stereocenters. The molecule has 54 valence electrons. The minimum absolute atomic E-state index is 0.318. The molecule has 0 spiro atoms. The number of alkyl halides is 2. The van der Waals surface area contributed by atoms with Gasteiger partial charge in [0.25, 0.3) is 0 Å². The molecule has 0 rings (SSSR count). The molecule has 0 bridgehead atoms. The van der Waals surface area contributed by atoms with Gasteiger partial charge in [-0.3, -0.25) is 4.79 Å². The fourth-order valence-corrected chi connectivity index (χ4v) is 1.82. The molecular formula is C5H9Br2NO. The smallest absolute Gasteiger partial charge is 0.234 e. The third-order valence-electron chi connectivity index (χ3n) is 1.08. The van der Waals surface area contributed by atoms with Gasteiger partial charge in [0.15, 0.2) is 0 Å². The van der Waals surface area contributed by atoms with Crippen LogP contribution >= 0.6 is 31.9 Å². The van der Waals surface area contributed by atoms with Crippen LogP contribution in [0.2, 0.25) is 0 Å². The van der Waals surface area contributed by atoms with Crippen LogP contribution in [0.5, 0.6) is 0 Å². The van der Waals surface area contributed by atoms with Crippen LogP contribution in [0.15, 0.2) is 0 Å². The summed E-state index contributed by atoms with van der Waals surface area (Å²) in [5.41, 5.74) is 5.05. The van der Waals surface area contributed by atoms with E-state index in [0.29, 0.717) is 6.42 Å². The van der Waals surface area contributed by atoms with Crippen LogP contribution in [0.4, 0.5) is 0 Å². The van der Waals surface area contributed by atoms with E-state index in [9.17, 15) is 4.79 Å². The summed E-state index contributed by atoms with van der Waals surface area (Å²) >= 11 is 6.42. The maximum absolute atomic E-state index is 10.6. The van der Waals surface area contributed by atoms with E-state index in [4.69, 9.17) is 5.73 Å². The van der Waals surface area contributed by atoms with Crippen LogP contribution in [0.3, 0.4) is 0 Å². The van der Waals surface area contributed by atoms with Crippen LogP contribution in [0.25, 0.3) is 0 Å². The lowest BCUT2D eigenvalue weighted by atomic mass is 10.1. The van der Waals surface area contributed by atoms with E-state index in [2.05, 4.69) is 31.9 Å². The standard InChI is InChI=1S/C5H9Br2NO/c1-5(7,2-3-6)4(8)9/h2-3H2,1H3,(H2,8,9). The molecule has 0 aliphatic rings. The van der Waals surface area contributed by atoms with E-state index in [0.717, 1.165) is 5.33 Å². The topological polar surface area (TPSA) is 43.1 Å². The normalized spacial score (nSPS) is 16.8. The average molecular weight is 259 g/mol. The van der Waals surface area contributed by atoms with E-state index in [1.165, 1.54) is 0 Å². The monoisotopic (exact) mass is 257 g/mol. The molecule has 2 nitrogen and oxygen atoms in total. The predicted octanol–water partition coefficient (Wildman–Crippen LogP) is 1.41. The quantitative estimate of drug-likeness (QED) is 0.765. The van der Waals surface area contributed by atoms with Crippen molar-refractivity contribution in [3.63, 3.8) is 0 Å². The Kier molecular flexibility index (Phi) is 3.73. The van der Waals surface area contributed by atoms with Gasteiger partial charge >= 0.3 is 0 Å². The molecule has 1 atom stereocenters. The van der Waals surface area contributed by atoms with E-state index in [-0.39, 0.29) is 5.91 Å². The lowest BCUT2D eigenvalue weighted by molar-refractivity contribution is -0.119. The van der Waals surface area contributed by atoms with Crippen molar-refractivity contribution >= 4 is 37.8 Å². The highest BCUT2D eigenvalue weighted by Crippen LogP contribution is 2.21. The first kappa shape index (κ1) is 9.43. The summed E-state index contributed by atoms with van der Waals surface area (Å²) in [6.07, 6.45) is 0.711. The van der Waals surface area contributed by atoms with Crippen LogP contribution in [0.1, 0.15) is 13.3 Å². The number of halogens is 2. The molecule has 0 aromatic rings. The van der Waals surface area contributed by atoms with Gasteiger partial charge in [-0.2, -0.15) is 0 Å². The summed E-state index contributed by atoms with van der Waals surface area (Å²) in [6.45, 7) is 1.76. The third kappa shape index (κ3) is 3.20. The van der Waals surface area contributed by atoms with Crippen molar-refractivity contribution < 1.29 is 4.79 Å². The summed E-state index contributed by atoms with van der Waals surface area (Å²) in [5.74, 6) is -0.318. The molecule has 0 saturated heterocycles. The molecule has 2 N–H and O–H groups in total. The number of hydrogen-bond donors (Lipinski definition) is 1. The Bertz CT molecular complexity index is 114. The summed E-state index contributed by atoms with van der Waals surface area (Å²) in [6, 6.07) is 0. The highest BCUT2D eigenvalue weighted by molar-refractivity contribution is 9.10. The molecule has 0 fully saturated rings. The number of carbonyl (C=O) groups is 1. The van der Waals surface area contributed by atoms with E-state index in [1.54, 1.807) is 6.92 Å². The first-order chi connectivity index (χ1) is 4.00. The highest BCUT2D eigenvalue weighted by atomic mass is 79.9. The maximum Gasteiger partial charge on any atom is 0.234 e. The zero-order valence-electron chi connectivity index (χ0n) is 5.16. The van der Waals surface area contributed by atoms with Gasteiger partial charge in [-0.05, 0) is 13.3 Å². The zero-order chi connectivity index (χ0) is 7.49. The fraction of sp³-hybridized carbons (Fsp3) is 0.800. The zero-order valence-corrected chi connectivity index (χ0v) is 8.33. The predicted molar refractivity (Wildman–Crippen MR) is 44.9 cm³/mol. The fourth-order valence-electron chi connectivity index (χ4n) is 0.301. The van der Waals surface area contributed by atoms with Gasteiger partial charge in [-0.25, -0.2) is 0 Å². The summed E-state index contributed by atoms with van der Waals surface area (Å²) in [4.78, 5) is 10.6. The van der Waals surface area contributed by atoms with Gasteiger partial charge in [0, 0.05) is 5.33 Å². The molecular weight excluding hydrogens is 250 g/mol. The van der Waals surface area contributed by atoms with Crippen molar-refractivity contribution in [2.24, 2.45) is 5.73 Å². The Morgan fingerprint density at radius 3 is 2.33 bits per heavy atom. The van der Waals surface area contributed by atoms with Gasteiger partial charge in [-0.15, -0.1) is 0 Å². The number of carbonyl (C=O) groups excluding carboxylic acids is 1. The molecule has 0 aromatic carbocycles. The number of amides is 1. The minimum Gasteiger partial charge on any atom is -0.368 e. The number of nitrogens with two attached hydrogens (primary N) is 1. The van der Waals surface area contributed by atoms with Crippen molar-refractivity contribution in [1.82, 2.24) is 0 Å². The Morgan fingerprint density at radius 2 is 2.22 bits per heavy atom. The van der Waals surface area contributed by atoms with Crippen LogP contribution < -0.4 is 5.73 Å². The molecule has 4 heteroatoms. The Morgan fingerprint density at radius 1 is 1.78 bits per heavy atom. The van der Waals surface area contributed by atoms with Crippen molar-refractivity contribution in [1.29, 1.82) is 0 Å². The second-order valence-corrected chi connectivity index (χ2v) is 4.54. The minimum atomic E-state index is -0.545. The largest absolute Gasteiger partial charge is 0.368 e. The lowest BCUT2D eigenvalue weighted by Crippen LogP contribution is -2.35. The van der Waals surface area contributed by atoms with Crippen LogP contribution in [-0.4, -0.2) is 15.6 Å². The van der Waals surface area contributed by atoms with Crippen molar-refractivity contribution in [3.8, 4) is 0 Å². The Balaban J connectivity index is 3.85. The Hall–Kier alpha value is 0.430. The maximum atomic E-state index is 10.6. The Labute approximate surface area is 71.4 Å². The van der Waals surface area contributed by atoms with E-state index >= 15 is 0 Å². The molecule has 0 saturated carbocycles. The SMILES string of the molecule is CC(Br)(CCBr)C(N)=O. The van der Waals surface area contributed by atoms with Gasteiger partial charge in [0.2, 0.25) is 5.91 Å². The van der Waals surface area contributed by atoms with E-state index < -0.39 is 4.32 Å². The summed E-state index contributed by atoms with van der Waals surface area (Å²) < 4.78 is -0.545. The van der Waals surface area contributed by atoms with Gasteiger partial charge in [-0.1, -0.05) is 31.9 Å². The molecule has 0 aliphatic heterocycles. The molecule has 0 heterocycles. The second kappa shape index (κ2) is 3.56. The summed E-state index contributed by atoms with van der Waals surface area (Å²) in [7, 11) is 0. The van der Waals surface area contributed by atoms with Crippen molar-refractivity contribution in [3.05, 3.63) is 0 Å². The number of primary amides is 1.